The molecule has 1 aromatic rings. The molecular formula is C11H13ClN2O. The number of hydrogen-bond donors (Lipinski definition) is 1. The molecule has 0 radical (unpaired) electrons. The first-order valence-electron chi connectivity index (χ1n) is 4.73. The van der Waals surface area contributed by atoms with Crippen molar-refractivity contribution in [3.05, 3.63) is 28.8 Å². The lowest BCUT2D eigenvalue weighted by molar-refractivity contribution is 0.340. The number of ether oxygens (including phenoxy) is 1. The second-order valence-corrected chi connectivity index (χ2v) is 3.54. The van der Waals surface area contributed by atoms with E-state index in [4.69, 9.17) is 27.3 Å². The third-order valence-corrected chi connectivity index (χ3v) is 2.21. The molecule has 15 heavy (non-hydrogen) atoms. The van der Waals surface area contributed by atoms with Crippen LogP contribution >= 0.6 is 11.6 Å². The van der Waals surface area contributed by atoms with Gasteiger partial charge in [-0.15, -0.1) is 0 Å². The number of hydrogen-bond acceptors (Lipinski definition) is 3. The van der Waals surface area contributed by atoms with Crippen molar-refractivity contribution in [2.24, 2.45) is 5.73 Å². The Morgan fingerprint density at radius 1 is 1.60 bits per heavy atom. The predicted octanol–water partition coefficient (Wildman–Crippen LogP) is 2.13. The Hall–Kier alpha value is -1.24. The molecule has 1 rings (SSSR count). The molecule has 0 spiro atoms. The zero-order valence-electron chi connectivity index (χ0n) is 8.53. The van der Waals surface area contributed by atoms with Gasteiger partial charge >= 0.3 is 0 Å². The quantitative estimate of drug-likeness (QED) is 0.853. The lowest BCUT2D eigenvalue weighted by Crippen LogP contribution is -2.19. The average Bonchev–Trinajstić information content (AvgIpc) is 2.22. The van der Waals surface area contributed by atoms with Crippen LogP contribution in [0, 0.1) is 11.3 Å². The van der Waals surface area contributed by atoms with E-state index < -0.39 is 6.04 Å². The van der Waals surface area contributed by atoms with Crippen LogP contribution in [0.15, 0.2) is 18.2 Å². The first-order chi connectivity index (χ1) is 7.17. The van der Waals surface area contributed by atoms with Crippen LogP contribution in [-0.2, 0) is 6.42 Å². The molecule has 0 saturated heterocycles. The first-order valence-corrected chi connectivity index (χ1v) is 5.11. The van der Waals surface area contributed by atoms with Crippen LogP contribution in [0.25, 0.3) is 0 Å². The number of halogens is 1. The van der Waals surface area contributed by atoms with Crippen LogP contribution in [0.2, 0.25) is 5.02 Å². The van der Waals surface area contributed by atoms with Gasteiger partial charge in [0.1, 0.15) is 5.75 Å². The molecule has 0 aliphatic rings. The van der Waals surface area contributed by atoms with E-state index in [-0.39, 0.29) is 0 Å². The molecule has 0 saturated carbocycles. The lowest BCUT2D eigenvalue weighted by Gasteiger charge is -2.08. The fraction of sp³-hybridized carbons (Fsp3) is 0.364. The normalized spacial score (nSPS) is 11.9. The van der Waals surface area contributed by atoms with Gasteiger partial charge in [-0.05, 0) is 24.6 Å². The summed E-state index contributed by atoms with van der Waals surface area (Å²) in [6.45, 7) is 2.48. The maximum Gasteiger partial charge on any atom is 0.137 e. The van der Waals surface area contributed by atoms with Gasteiger partial charge in [-0.2, -0.15) is 5.26 Å². The fourth-order valence-electron chi connectivity index (χ4n) is 1.24. The van der Waals surface area contributed by atoms with Gasteiger partial charge in [0.15, 0.2) is 0 Å². The summed E-state index contributed by atoms with van der Waals surface area (Å²) >= 11 is 5.99. The number of nitrogens with two attached hydrogens (primary N) is 1. The van der Waals surface area contributed by atoms with Gasteiger partial charge in [0.25, 0.3) is 0 Å². The average molecular weight is 225 g/mol. The summed E-state index contributed by atoms with van der Waals surface area (Å²) in [6.07, 6.45) is 0.503. The van der Waals surface area contributed by atoms with E-state index in [9.17, 15) is 0 Å². The van der Waals surface area contributed by atoms with Crippen molar-refractivity contribution in [3.63, 3.8) is 0 Å². The second-order valence-electron chi connectivity index (χ2n) is 3.14. The maximum atomic E-state index is 8.57. The Balaban J connectivity index is 2.78. The standard InChI is InChI=1S/C11H13ClN2O/c1-2-15-11-4-3-8(6-10(11)12)5-9(14)7-13/h3-4,6,9H,2,5,14H2,1H3. The van der Waals surface area contributed by atoms with Crippen molar-refractivity contribution in [2.45, 2.75) is 19.4 Å². The van der Waals surface area contributed by atoms with Crippen LogP contribution in [0.4, 0.5) is 0 Å². The van der Waals surface area contributed by atoms with Crippen LogP contribution in [0.1, 0.15) is 12.5 Å². The SMILES string of the molecule is CCOc1ccc(CC(N)C#N)cc1Cl. The van der Waals surface area contributed by atoms with E-state index in [2.05, 4.69) is 0 Å². The zero-order chi connectivity index (χ0) is 11.3. The summed E-state index contributed by atoms with van der Waals surface area (Å²) in [6, 6.07) is 6.94. The second kappa shape index (κ2) is 5.59. The minimum Gasteiger partial charge on any atom is -0.492 e. The van der Waals surface area contributed by atoms with Crippen molar-refractivity contribution in [1.82, 2.24) is 0 Å². The number of rotatable bonds is 4. The number of benzene rings is 1. The lowest BCUT2D eigenvalue weighted by atomic mass is 10.1. The highest BCUT2D eigenvalue weighted by Gasteiger charge is 2.06. The summed E-state index contributed by atoms with van der Waals surface area (Å²) < 4.78 is 5.29. The molecule has 1 unspecified atom stereocenters. The Kier molecular flexibility index (Phi) is 4.41. The fourth-order valence-corrected chi connectivity index (χ4v) is 1.50. The predicted molar refractivity (Wildman–Crippen MR) is 59.9 cm³/mol. The van der Waals surface area contributed by atoms with Gasteiger partial charge in [-0.3, -0.25) is 0 Å². The molecule has 0 amide bonds. The molecule has 4 heteroatoms. The van der Waals surface area contributed by atoms with Gasteiger partial charge in [0.05, 0.1) is 23.7 Å². The zero-order valence-corrected chi connectivity index (χ0v) is 9.29. The highest BCUT2D eigenvalue weighted by molar-refractivity contribution is 6.32. The Morgan fingerprint density at radius 3 is 2.87 bits per heavy atom. The number of nitriles is 1. The molecule has 1 aromatic carbocycles. The highest BCUT2D eigenvalue weighted by Crippen LogP contribution is 2.25. The van der Waals surface area contributed by atoms with Crippen LogP contribution in [0.3, 0.4) is 0 Å². The third-order valence-electron chi connectivity index (χ3n) is 1.92. The molecule has 0 aromatic heterocycles. The monoisotopic (exact) mass is 224 g/mol. The number of nitrogens with zero attached hydrogens (tertiary/aromatic N) is 1. The summed E-state index contributed by atoms with van der Waals surface area (Å²) in [5.74, 6) is 0.661. The van der Waals surface area contributed by atoms with Gasteiger partial charge in [-0.25, -0.2) is 0 Å². The molecule has 0 aliphatic heterocycles. The third kappa shape index (κ3) is 3.43. The Bertz CT molecular complexity index is 373. The Labute approximate surface area is 94.4 Å². The van der Waals surface area contributed by atoms with Gasteiger partial charge < -0.3 is 10.5 Å². The molecule has 0 bridgehead atoms. The first kappa shape index (κ1) is 11.8. The van der Waals surface area contributed by atoms with E-state index in [1.165, 1.54) is 0 Å². The van der Waals surface area contributed by atoms with Crippen molar-refractivity contribution in [1.29, 1.82) is 5.26 Å². The van der Waals surface area contributed by atoms with Gasteiger partial charge in [0, 0.05) is 6.42 Å². The highest BCUT2D eigenvalue weighted by atomic mass is 35.5. The van der Waals surface area contributed by atoms with Crippen molar-refractivity contribution in [2.75, 3.05) is 6.61 Å². The van der Waals surface area contributed by atoms with Crippen molar-refractivity contribution >= 4 is 11.6 Å². The summed E-state index contributed by atoms with van der Waals surface area (Å²) in [4.78, 5) is 0. The Morgan fingerprint density at radius 2 is 2.33 bits per heavy atom. The van der Waals surface area contributed by atoms with Gasteiger partial charge in [0.2, 0.25) is 0 Å². The molecule has 0 aliphatic carbocycles. The maximum absolute atomic E-state index is 8.57. The van der Waals surface area contributed by atoms with Crippen molar-refractivity contribution < 1.29 is 4.74 Å². The van der Waals surface area contributed by atoms with E-state index in [1.54, 1.807) is 12.1 Å². The summed E-state index contributed by atoms with van der Waals surface area (Å²) in [7, 11) is 0. The molecule has 80 valence electrons. The molecule has 3 nitrogen and oxygen atoms in total. The molecule has 1 atom stereocenters. The minimum absolute atomic E-state index is 0.487. The van der Waals surface area contributed by atoms with Crippen LogP contribution < -0.4 is 10.5 Å². The largest absolute Gasteiger partial charge is 0.492 e. The van der Waals surface area contributed by atoms with E-state index in [1.807, 2.05) is 19.1 Å². The molecule has 0 heterocycles. The van der Waals surface area contributed by atoms with E-state index in [0.29, 0.717) is 23.8 Å². The smallest absolute Gasteiger partial charge is 0.137 e. The molecule has 0 fully saturated rings. The van der Waals surface area contributed by atoms with E-state index >= 15 is 0 Å². The summed E-state index contributed by atoms with van der Waals surface area (Å²) in [5, 5.41) is 9.13. The molecule has 2 N–H and O–H groups in total. The topological polar surface area (TPSA) is 59.0 Å². The van der Waals surface area contributed by atoms with Gasteiger partial charge in [-0.1, -0.05) is 17.7 Å². The summed E-state index contributed by atoms with van der Waals surface area (Å²) in [5.41, 5.74) is 6.46. The molecular weight excluding hydrogens is 212 g/mol. The van der Waals surface area contributed by atoms with Crippen LogP contribution in [-0.4, -0.2) is 12.6 Å². The minimum atomic E-state index is -0.487. The van der Waals surface area contributed by atoms with E-state index in [0.717, 1.165) is 5.56 Å². The van der Waals surface area contributed by atoms with Crippen molar-refractivity contribution in [3.8, 4) is 11.8 Å². The van der Waals surface area contributed by atoms with Crippen LogP contribution in [0.5, 0.6) is 5.75 Å².